The highest BCUT2D eigenvalue weighted by Gasteiger charge is 2.28. The molecular weight excluding hydrogens is 238 g/mol. The van der Waals surface area contributed by atoms with Crippen molar-refractivity contribution in [2.75, 3.05) is 13.7 Å². The zero-order valence-electron chi connectivity index (χ0n) is 12.0. The summed E-state index contributed by atoms with van der Waals surface area (Å²) >= 11 is 0. The van der Waals surface area contributed by atoms with Gasteiger partial charge < -0.3 is 14.8 Å². The molecule has 0 radical (unpaired) electrons. The van der Waals surface area contributed by atoms with Crippen LogP contribution in [0, 0.1) is 0 Å². The van der Waals surface area contributed by atoms with Gasteiger partial charge in [-0.3, -0.25) is 0 Å². The van der Waals surface area contributed by atoms with E-state index in [1.807, 2.05) is 0 Å². The zero-order valence-corrected chi connectivity index (χ0v) is 12.0. The van der Waals surface area contributed by atoms with E-state index < -0.39 is 0 Å². The minimum absolute atomic E-state index is 0.465. The molecule has 0 atom stereocenters. The average molecular weight is 263 g/mol. The number of benzene rings is 1. The summed E-state index contributed by atoms with van der Waals surface area (Å²) in [5.74, 6) is 0.972. The fraction of sp³-hybridized carbons (Fsp3) is 0.625. The Morgan fingerprint density at radius 1 is 1.21 bits per heavy atom. The Morgan fingerprint density at radius 2 is 1.95 bits per heavy atom. The van der Waals surface area contributed by atoms with Crippen molar-refractivity contribution >= 4 is 0 Å². The van der Waals surface area contributed by atoms with Gasteiger partial charge in [0, 0.05) is 19.7 Å². The lowest BCUT2D eigenvalue weighted by atomic mass is 9.89. The second kappa shape index (κ2) is 7.51. The van der Waals surface area contributed by atoms with Crippen LogP contribution in [0.15, 0.2) is 24.3 Å². The highest BCUT2D eigenvalue weighted by Crippen LogP contribution is 2.23. The summed E-state index contributed by atoms with van der Waals surface area (Å²) in [5.41, 5.74) is 1.31. The molecular formula is C16H25NO2. The molecule has 1 fully saturated rings. The maximum atomic E-state index is 5.65. The number of unbranched alkanes of at least 4 members (excludes halogenated alkanes) is 1. The molecule has 0 saturated heterocycles. The third-order valence-corrected chi connectivity index (χ3v) is 3.71. The van der Waals surface area contributed by atoms with E-state index in [2.05, 4.69) is 36.5 Å². The van der Waals surface area contributed by atoms with Gasteiger partial charge in [-0.25, -0.2) is 0 Å². The van der Waals surface area contributed by atoms with Gasteiger partial charge in [0.1, 0.15) is 5.75 Å². The van der Waals surface area contributed by atoms with Gasteiger partial charge >= 0.3 is 0 Å². The Labute approximate surface area is 116 Å². The van der Waals surface area contributed by atoms with Gasteiger partial charge in [0.2, 0.25) is 0 Å². The second-order valence-electron chi connectivity index (χ2n) is 5.25. The molecule has 1 aliphatic rings. The van der Waals surface area contributed by atoms with Crippen molar-refractivity contribution in [1.29, 1.82) is 0 Å². The van der Waals surface area contributed by atoms with E-state index >= 15 is 0 Å². The molecule has 0 spiro atoms. The molecule has 3 nitrogen and oxygen atoms in total. The van der Waals surface area contributed by atoms with E-state index in [0.29, 0.717) is 12.1 Å². The van der Waals surface area contributed by atoms with Crippen LogP contribution in [0.1, 0.15) is 38.2 Å². The van der Waals surface area contributed by atoms with Gasteiger partial charge in [0.15, 0.2) is 0 Å². The monoisotopic (exact) mass is 263 g/mol. The molecule has 1 saturated carbocycles. The summed E-state index contributed by atoms with van der Waals surface area (Å²) in [6.45, 7) is 3.91. The molecule has 0 aliphatic heterocycles. The summed E-state index contributed by atoms with van der Waals surface area (Å²) in [7, 11) is 1.79. The standard InChI is InChI=1S/C16H25NO2/c1-3-4-9-19-15-7-5-13(6-8-15)12-17-14-10-16(11-14)18-2/h5-8,14,16-17H,3-4,9-12H2,1-2H3. The molecule has 1 aromatic carbocycles. The fourth-order valence-corrected chi connectivity index (χ4v) is 2.22. The van der Waals surface area contributed by atoms with Crippen LogP contribution in [-0.2, 0) is 11.3 Å². The number of rotatable bonds is 8. The molecule has 0 heterocycles. The quantitative estimate of drug-likeness (QED) is 0.731. The Kier molecular flexibility index (Phi) is 5.67. The summed E-state index contributed by atoms with van der Waals surface area (Å²) < 4.78 is 10.9. The Hall–Kier alpha value is -1.06. The molecule has 106 valence electrons. The van der Waals surface area contributed by atoms with Gasteiger partial charge in [-0.15, -0.1) is 0 Å². The molecule has 0 bridgehead atoms. The Bertz CT molecular complexity index is 358. The maximum absolute atomic E-state index is 5.65. The zero-order chi connectivity index (χ0) is 13.5. The molecule has 1 N–H and O–H groups in total. The van der Waals surface area contributed by atoms with Gasteiger partial charge in [0.25, 0.3) is 0 Å². The maximum Gasteiger partial charge on any atom is 0.119 e. The third-order valence-electron chi connectivity index (χ3n) is 3.71. The van der Waals surface area contributed by atoms with Gasteiger partial charge in [-0.1, -0.05) is 25.5 Å². The highest BCUT2D eigenvalue weighted by atomic mass is 16.5. The molecule has 1 aromatic rings. The van der Waals surface area contributed by atoms with Crippen molar-refractivity contribution in [3.63, 3.8) is 0 Å². The molecule has 0 amide bonds. The first-order valence-electron chi connectivity index (χ1n) is 7.29. The van der Waals surface area contributed by atoms with E-state index in [1.165, 1.54) is 12.0 Å². The van der Waals surface area contributed by atoms with E-state index in [0.717, 1.165) is 38.2 Å². The molecule has 0 aromatic heterocycles. The normalized spacial score (nSPS) is 22.0. The van der Waals surface area contributed by atoms with Crippen LogP contribution in [0.5, 0.6) is 5.75 Å². The molecule has 0 unspecified atom stereocenters. The van der Waals surface area contributed by atoms with E-state index in [-0.39, 0.29) is 0 Å². The van der Waals surface area contributed by atoms with Crippen molar-refractivity contribution < 1.29 is 9.47 Å². The fourth-order valence-electron chi connectivity index (χ4n) is 2.22. The van der Waals surface area contributed by atoms with Gasteiger partial charge in [-0.2, -0.15) is 0 Å². The van der Waals surface area contributed by atoms with Gasteiger partial charge in [-0.05, 0) is 37.0 Å². The van der Waals surface area contributed by atoms with Crippen LogP contribution in [0.2, 0.25) is 0 Å². The van der Waals surface area contributed by atoms with Crippen LogP contribution in [-0.4, -0.2) is 25.9 Å². The SMILES string of the molecule is CCCCOc1ccc(CNC2CC(OC)C2)cc1. The largest absolute Gasteiger partial charge is 0.494 e. The first kappa shape index (κ1) is 14.4. The minimum atomic E-state index is 0.465. The van der Waals surface area contributed by atoms with Crippen molar-refractivity contribution in [2.45, 2.75) is 51.3 Å². The van der Waals surface area contributed by atoms with Crippen molar-refractivity contribution in [1.82, 2.24) is 5.32 Å². The minimum Gasteiger partial charge on any atom is -0.494 e. The highest BCUT2D eigenvalue weighted by molar-refractivity contribution is 5.27. The first-order valence-corrected chi connectivity index (χ1v) is 7.29. The van der Waals surface area contributed by atoms with Crippen molar-refractivity contribution in [3.05, 3.63) is 29.8 Å². The number of nitrogens with one attached hydrogen (secondary N) is 1. The average Bonchev–Trinajstić information content (AvgIpc) is 2.39. The van der Waals surface area contributed by atoms with Crippen LogP contribution in [0.4, 0.5) is 0 Å². The van der Waals surface area contributed by atoms with Crippen LogP contribution < -0.4 is 10.1 Å². The number of ether oxygens (including phenoxy) is 2. The predicted octanol–water partition coefficient (Wildman–Crippen LogP) is 3.13. The molecule has 2 rings (SSSR count). The topological polar surface area (TPSA) is 30.5 Å². The summed E-state index contributed by atoms with van der Waals surface area (Å²) in [4.78, 5) is 0. The number of methoxy groups -OCH3 is 1. The van der Waals surface area contributed by atoms with Crippen molar-refractivity contribution in [2.24, 2.45) is 0 Å². The van der Waals surface area contributed by atoms with E-state index in [4.69, 9.17) is 9.47 Å². The third kappa shape index (κ3) is 4.51. The van der Waals surface area contributed by atoms with Crippen LogP contribution >= 0.6 is 0 Å². The van der Waals surface area contributed by atoms with Crippen molar-refractivity contribution in [3.8, 4) is 5.75 Å². The summed E-state index contributed by atoms with van der Waals surface area (Å²) in [5, 5.41) is 3.55. The Balaban J connectivity index is 1.67. The first-order chi connectivity index (χ1) is 9.31. The lowest BCUT2D eigenvalue weighted by Gasteiger charge is -2.34. The lowest BCUT2D eigenvalue weighted by Crippen LogP contribution is -2.44. The molecule has 19 heavy (non-hydrogen) atoms. The number of hydrogen-bond donors (Lipinski definition) is 1. The summed E-state index contributed by atoms with van der Waals surface area (Å²) in [6.07, 6.45) is 5.02. The van der Waals surface area contributed by atoms with E-state index in [1.54, 1.807) is 7.11 Å². The second-order valence-corrected chi connectivity index (χ2v) is 5.25. The van der Waals surface area contributed by atoms with E-state index in [9.17, 15) is 0 Å². The Morgan fingerprint density at radius 3 is 2.58 bits per heavy atom. The van der Waals surface area contributed by atoms with Crippen LogP contribution in [0.25, 0.3) is 0 Å². The summed E-state index contributed by atoms with van der Waals surface area (Å²) in [6, 6.07) is 9.02. The number of hydrogen-bond acceptors (Lipinski definition) is 3. The molecule has 1 aliphatic carbocycles. The predicted molar refractivity (Wildman–Crippen MR) is 77.5 cm³/mol. The molecule has 3 heteroatoms. The lowest BCUT2D eigenvalue weighted by molar-refractivity contribution is 0.0170. The van der Waals surface area contributed by atoms with Gasteiger partial charge in [0.05, 0.1) is 12.7 Å². The van der Waals surface area contributed by atoms with Crippen LogP contribution in [0.3, 0.4) is 0 Å². The smallest absolute Gasteiger partial charge is 0.119 e.